The van der Waals surface area contributed by atoms with Gasteiger partial charge in [-0.2, -0.15) is 0 Å². The predicted molar refractivity (Wildman–Crippen MR) is 79.2 cm³/mol. The highest BCUT2D eigenvalue weighted by atomic mass is 16.6. The molecule has 1 aromatic rings. The van der Waals surface area contributed by atoms with Crippen LogP contribution >= 0.6 is 0 Å². The van der Waals surface area contributed by atoms with Crippen LogP contribution < -0.4 is 10.1 Å². The third-order valence-corrected chi connectivity index (χ3v) is 2.52. The van der Waals surface area contributed by atoms with E-state index in [1.54, 1.807) is 26.8 Å². The van der Waals surface area contributed by atoms with Crippen LogP contribution in [0, 0.1) is 0 Å². The van der Waals surface area contributed by atoms with Crippen molar-refractivity contribution in [3.8, 4) is 5.75 Å². The van der Waals surface area contributed by atoms with Crippen molar-refractivity contribution in [2.75, 3.05) is 12.4 Å². The first-order valence-corrected chi connectivity index (χ1v) is 6.55. The summed E-state index contributed by atoms with van der Waals surface area (Å²) >= 11 is 0. The van der Waals surface area contributed by atoms with E-state index in [0.29, 0.717) is 17.0 Å². The predicted octanol–water partition coefficient (Wildman–Crippen LogP) is 2.24. The van der Waals surface area contributed by atoms with Gasteiger partial charge in [-0.05, 0) is 39.0 Å². The number of methoxy groups -OCH3 is 1. The molecule has 0 fully saturated rings. The third-order valence-electron chi connectivity index (χ3n) is 2.52. The molecule has 1 aromatic carbocycles. The van der Waals surface area contributed by atoms with Crippen LogP contribution in [0.5, 0.6) is 5.75 Å². The fourth-order valence-electron chi connectivity index (χ4n) is 1.66. The Morgan fingerprint density at radius 3 is 2.36 bits per heavy atom. The topological polar surface area (TPSA) is 102 Å². The van der Waals surface area contributed by atoms with Gasteiger partial charge in [0.25, 0.3) is 0 Å². The molecule has 0 atom stereocenters. The van der Waals surface area contributed by atoms with Gasteiger partial charge in [-0.15, -0.1) is 0 Å². The Morgan fingerprint density at radius 2 is 1.86 bits per heavy atom. The van der Waals surface area contributed by atoms with Gasteiger partial charge in [0.05, 0.1) is 7.11 Å². The summed E-state index contributed by atoms with van der Waals surface area (Å²) in [4.78, 5) is 33.7. The van der Waals surface area contributed by atoms with Crippen molar-refractivity contribution in [1.29, 1.82) is 0 Å². The van der Waals surface area contributed by atoms with E-state index in [-0.39, 0.29) is 6.42 Å². The van der Waals surface area contributed by atoms with E-state index in [2.05, 4.69) is 5.32 Å². The van der Waals surface area contributed by atoms with Crippen LogP contribution in [0.3, 0.4) is 0 Å². The Hall–Kier alpha value is -2.57. The summed E-state index contributed by atoms with van der Waals surface area (Å²) in [6.07, 6.45) is -0.976. The van der Waals surface area contributed by atoms with Gasteiger partial charge in [-0.1, -0.05) is 0 Å². The zero-order valence-corrected chi connectivity index (χ0v) is 12.9. The molecule has 7 nitrogen and oxygen atoms in total. The molecule has 0 aliphatic heterocycles. The molecular weight excluding hydrogens is 290 g/mol. The van der Waals surface area contributed by atoms with Gasteiger partial charge in [0, 0.05) is 17.7 Å². The second-order valence-corrected chi connectivity index (χ2v) is 5.56. The first-order valence-electron chi connectivity index (χ1n) is 6.55. The second kappa shape index (κ2) is 6.93. The number of ether oxygens (including phenoxy) is 2. The highest BCUT2D eigenvalue weighted by Gasteiger charge is 2.18. The average molecular weight is 309 g/mol. The van der Waals surface area contributed by atoms with Crippen molar-refractivity contribution in [3.63, 3.8) is 0 Å². The summed E-state index contributed by atoms with van der Waals surface area (Å²) in [5.74, 6) is -2.12. The van der Waals surface area contributed by atoms with Crippen LogP contribution in [0.25, 0.3) is 0 Å². The quantitative estimate of drug-likeness (QED) is 0.809. The summed E-state index contributed by atoms with van der Waals surface area (Å²) in [5.41, 5.74) is 0.102. The maximum atomic E-state index is 11.7. The fraction of sp³-hybridized carbons (Fsp3) is 0.400. The first kappa shape index (κ1) is 17.5. The summed E-state index contributed by atoms with van der Waals surface area (Å²) < 4.78 is 10.2. The van der Waals surface area contributed by atoms with Crippen molar-refractivity contribution in [3.05, 3.63) is 23.8 Å². The van der Waals surface area contributed by atoms with Gasteiger partial charge >= 0.3 is 12.1 Å². The highest BCUT2D eigenvalue weighted by molar-refractivity contribution is 6.33. The van der Waals surface area contributed by atoms with Gasteiger partial charge < -0.3 is 14.6 Å². The molecule has 0 unspecified atom stereocenters. The first-order chi connectivity index (χ1) is 10.1. The number of amides is 1. The zero-order chi connectivity index (χ0) is 16.9. The highest BCUT2D eigenvalue weighted by Crippen LogP contribution is 2.24. The molecule has 120 valence electrons. The molecule has 0 aromatic heterocycles. The number of aliphatic carboxylic acids is 1. The average Bonchev–Trinajstić information content (AvgIpc) is 2.36. The lowest BCUT2D eigenvalue weighted by molar-refractivity contribution is -0.148. The molecule has 22 heavy (non-hydrogen) atoms. The van der Waals surface area contributed by atoms with Crippen LogP contribution in [-0.4, -0.2) is 35.7 Å². The second-order valence-electron chi connectivity index (χ2n) is 5.56. The van der Waals surface area contributed by atoms with Gasteiger partial charge in [0.2, 0.25) is 5.78 Å². The number of Topliss-reactive ketones (excluding diaryl/α,β-unsaturated/α-hetero) is 1. The fourth-order valence-corrected chi connectivity index (χ4v) is 1.66. The molecule has 0 bridgehead atoms. The van der Waals surface area contributed by atoms with Crippen molar-refractivity contribution in [2.24, 2.45) is 0 Å². The standard InChI is InChI=1S/C15H19NO6/c1-15(2,3)22-14(20)16-10-5-6-12(21-4)9(7-10)8-11(17)13(18)19/h5-7H,8H2,1-4H3,(H,16,20)(H,18,19). The third kappa shape index (κ3) is 5.43. The lowest BCUT2D eigenvalue weighted by Gasteiger charge is -2.20. The molecule has 0 spiro atoms. The number of anilines is 1. The molecule has 0 radical (unpaired) electrons. The van der Waals surface area contributed by atoms with Crippen LogP contribution in [0.2, 0.25) is 0 Å². The number of benzene rings is 1. The van der Waals surface area contributed by atoms with Crippen LogP contribution in [0.1, 0.15) is 26.3 Å². The number of carboxylic acid groups (broad SMARTS) is 1. The molecular formula is C15H19NO6. The van der Waals surface area contributed by atoms with Crippen LogP contribution in [0.15, 0.2) is 18.2 Å². The Kier molecular flexibility index (Phi) is 5.50. The van der Waals surface area contributed by atoms with Gasteiger partial charge in [0.1, 0.15) is 11.4 Å². The number of carbonyl (C=O) groups excluding carboxylic acids is 2. The maximum absolute atomic E-state index is 11.7. The van der Waals surface area contributed by atoms with Crippen molar-refractivity contribution in [1.82, 2.24) is 0 Å². The minimum Gasteiger partial charge on any atom is -0.496 e. The Bertz CT molecular complexity index is 588. The monoisotopic (exact) mass is 309 g/mol. The molecule has 0 saturated carbocycles. The van der Waals surface area contributed by atoms with E-state index in [1.807, 2.05) is 0 Å². The molecule has 7 heteroatoms. The lowest BCUT2D eigenvalue weighted by Crippen LogP contribution is -2.27. The Labute approximate surface area is 128 Å². The number of hydrogen-bond acceptors (Lipinski definition) is 5. The van der Waals surface area contributed by atoms with Crippen LogP contribution in [-0.2, 0) is 20.7 Å². The molecule has 0 aliphatic carbocycles. The van der Waals surface area contributed by atoms with E-state index in [4.69, 9.17) is 14.6 Å². The SMILES string of the molecule is COc1ccc(NC(=O)OC(C)(C)C)cc1CC(=O)C(=O)O. The molecule has 0 saturated heterocycles. The molecule has 1 rings (SSSR count). The minimum atomic E-state index is -1.52. The van der Waals surface area contributed by atoms with Gasteiger partial charge in [-0.25, -0.2) is 9.59 Å². The van der Waals surface area contributed by atoms with Gasteiger partial charge in [-0.3, -0.25) is 10.1 Å². The number of rotatable bonds is 5. The minimum absolute atomic E-state index is 0.331. The van der Waals surface area contributed by atoms with E-state index >= 15 is 0 Å². The van der Waals surface area contributed by atoms with E-state index in [1.165, 1.54) is 19.2 Å². The van der Waals surface area contributed by atoms with Crippen LogP contribution in [0.4, 0.5) is 10.5 Å². The molecule has 2 N–H and O–H groups in total. The number of hydrogen-bond donors (Lipinski definition) is 2. The van der Waals surface area contributed by atoms with Crippen molar-refractivity contribution in [2.45, 2.75) is 32.8 Å². The summed E-state index contributed by atoms with van der Waals surface area (Å²) in [7, 11) is 1.41. The van der Waals surface area contributed by atoms with E-state index in [0.717, 1.165) is 0 Å². The van der Waals surface area contributed by atoms with E-state index in [9.17, 15) is 14.4 Å². The number of ketones is 1. The summed E-state index contributed by atoms with van der Waals surface area (Å²) in [5, 5.41) is 11.2. The Balaban J connectivity index is 2.92. The largest absolute Gasteiger partial charge is 0.496 e. The summed E-state index contributed by atoms with van der Waals surface area (Å²) in [6, 6.07) is 4.58. The van der Waals surface area contributed by atoms with Gasteiger partial charge in [0.15, 0.2) is 0 Å². The molecule has 0 aliphatic rings. The molecule has 1 amide bonds. The van der Waals surface area contributed by atoms with E-state index < -0.39 is 23.4 Å². The molecule has 0 heterocycles. The number of nitrogens with one attached hydrogen (secondary N) is 1. The number of carbonyl (C=O) groups is 3. The maximum Gasteiger partial charge on any atom is 0.412 e. The normalized spacial score (nSPS) is 10.7. The summed E-state index contributed by atoms with van der Waals surface area (Å²) in [6.45, 7) is 5.20. The lowest BCUT2D eigenvalue weighted by atomic mass is 10.1. The smallest absolute Gasteiger partial charge is 0.412 e. The van der Waals surface area contributed by atoms with Crippen molar-refractivity contribution < 1.29 is 29.0 Å². The Morgan fingerprint density at radius 1 is 1.23 bits per heavy atom. The van der Waals surface area contributed by atoms with Crippen molar-refractivity contribution >= 4 is 23.5 Å². The zero-order valence-electron chi connectivity index (χ0n) is 12.9. The number of carboxylic acids is 1.